The van der Waals surface area contributed by atoms with Gasteiger partial charge >= 0.3 is 0 Å². The molecule has 0 spiro atoms. The molecular formula is C13H19NO2S. The lowest BCUT2D eigenvalue weighted by Crippen LogP contribution is -2.07. The van der Waals surface area contributed by atoms with Gasteiger partial charge in [-0.25, -0.2) is 8.42 Å². The van der Waals surface area contributed by atoms with Crippen molar-refractivity contribution < 1.29 is 8.42 Å². The minimum atomic E-state index is -3.47. The summed E-state index contributed by atoms with van der Waals surface area (Å²) in [4.78, 5) is 0.422. The van der Waals surface area contributed by atoms with E-state index in [0.29, 0.717) is 6.42 Å². The van der Waals surface area contributed by atoms with Gasteiger partial charge in [-0.3, -0.25) is 0 Å². The number of hydrogen-bond donors (Lipinski definition) is 1. The Morgan fingerprint density at radius 3 is 2.53 bits per heavy atom. The smallest absolute Gasteiger partial charge is 0.204 e. The number of nitrogen functional groups attached to an aromatic ring is 1. The van der Waals surface area contributed by atoms with Crippen LogP contribution in [0.3, 0.4) is 0 Å². The summed E-state index contributed by atoms with van der Waals surface area (Å²) in [6, 6.07) is 6.50. The van der Waals surface area contributed by atoms with Crippen molar-refractivity contribution in [3.05, 3.63) is 35.7 Å². The number of hydrogen-bond acceptors (Lipinski definition) is 3. The molecule has 17 heavy (non-hydrogen) atoms. The zero-order chi connectivity index (χ0) is 12.9. The van der Waals surface area contributed by atoms with Crippen LogP contribution in [0.4, 0.5) is 5.69 Å². The van der Waals surface area contributed by atoms with Crippen LogP contribution in [0.15, 0.2) is 40.6 Å². The maximum absolute atomic E-state index is 12.2. The van der Waals surface area contributed by atoms with Crippen LogP contribution in [-0.4, -0.2) is 8.42 Å². The molecule has 0 radical (unpaired) electrons. The first kappa shape index (κ1) is 13.8. The van der Waals surface area contributed by atoms with E-state index in [-0.39, 0.29) is 15.5 Å². The first-order valence-corrected chi connectivity index (χ1v) is 7.25. The van der Waals surface area contributed by atoms with Crippen LogP contribution >= 0.6 is 0 Å². The van der Waals surface area contributed by atoms with Gasteiger partial charge in [0.2, 0.25) is 9.84 Å². The van der Waals surface area contributed by atoms with Gasteiger partial charge in [-0.15, -0.1) is 0 Å². The molecule has 0 atom stereocenters. The highest BCUT2D eigenvalue weighted by Crippen LogP contribution is 2.26. The van der Waals surface area contributed by atoms with Crippen molar-refractivity contribution in [2.45, 2.75) is 37.5 Å². The maximum atomic E-state index is 12.2. The van der Waals surface area contributed by atoms with Crippen molar-refractivity contribution in [3.8, 4) is 0 Å². The molecule has 4 heteroatoms. The van der Waals surface area contributed by atoms with Gasteiger partial charge in [-0.2, -0.15) is 0 Å². The van der Waals surface area contributed by atoms with E-state index in [1.165, 1.54) is 6.07 Å². The summed E-state index contributed by atoms with van der Waals surface area (Å²) >= 11 is 0. The molecule has 0 aliphatic rings. The molecule has 0 saturated carbocycles. The van der Waals surface area contributed by atoms with Crippen LogP contribution < -0.4 is 5.73 Å². The summed E-state index contributed by atoms with van der Waals surface area (Å²) in [5.74, 6) is 0. The minimum absolute atomic E-state index is 0.168. The lowest BCUT2D eigenvalue weighted by Gasteiger charge is -2.09. The molecule has 0 unspecified atom stereocenters. The van der Waals surface area contributed by atoms with Gasteiger partial charge in [-0.05, 0) is 25.0 Å². The lowest BCUT2D eigenvalue weighted by molar-refractivity contribution is 0.598. The summed E-state index contributed by atoms with van der Waals surface area (Å²) < 4.78 is 24.3. The zero-order valence-corrected chi connectivity index (χ0v) is 11.0. The van der Waals surface area contributed by atoms with E-state index in [1.807, 2.05) is 0 Å². The van der Waals surface area contributed by atoms with Crippen molar-refractivity contribution in [1.29, 1.82) is 0 Å². The van der Waals surface area contributed by atoms with Gasteiger partial charge in [0.1, 0.15) is 0 Å². The van der Waals surface area contributed by atoms with Crippen LogP contribution in [-0.2, 0) is 9.84 Å². The van der Waals surface area contributed by atoms with Gasteiger partial charge in [0.15, 0.2) is 0 Å². The molecule has 0 aromatic heterocycles. The van der Waals surface area contributed by atoms with E-state index in [9.17, 15) is 8.42 Å². The maximum Gasteiger partial charge on any atom is 0.204 e. The fourth-order valence-corrected chi connectivity index (χ4v) is 2.95. The monoisotopic (exact) mass is 253 g/mol. The van der Waals surface area contributed by atoms with Gasteiger partial charge < -0.3 is 5.73 Å². The molecule has 0 amide bonds. The van der Waals surface area contributed by atoms with E-state index < -0.39 is 9.84 Å². The molecule has 0 aliphatic heterocycles. The second kappa shape index (κ2) is 5.87. The van der Waals surface area contributed by atoms with Crippen molar-refractivity contribution >= 4 is 15.5 Å². The average molecular weight is 253 g/mol. The number of benzene rings is 1. The Hall–Kier alpha value is -1.29. The topological polar surface area (TPSA) is 60.2 Å². The van der Waals surface area contributed by atoms with Crippen LogP contribution in [0.5, 0.6) is 0 Å². The highest BCUT2D eigenvalue weighted by atomic mass is 32.2. The van der Waals surface area contributed by atoms with Crippen molar-refractivity contribution in [1.82, 2.24) is 0 Å². The number of para-hydroxylation sites is 1. The Labute approximate surface area is 103 Å². The Morgan fingerprint density at radius 1 is 1.29 bits per heavy atom. The second-order valence-corrected chi connectivity index (χ2v) is 6.06. The molecule has 1 rings (SSSR count). The van der Waals surface area contributed by atoms with Crippen LogP contribution in [0.1, 0.15) is 32.6 Å². The Bertz CT molecular complexity index is 492. The molecule has 94 valence electrons. The number of sulfone groups is 1. The number of anilines is 1. The molecule has 0 aliphatic carbocycles. The Kier molecular flexibility index (Phi) is 4.75. The third kappa shape index (κ3) is 3.33. The largest absolute Gasteiger partial charge is 0.398 e. The van der Waals surface area contributed by atoms with E-state index in [1.54, 1.807) is 18.2 Å². The molecule has 2 N–H and O–H groups in total. The van der Waals surface area contributed by atoms with Gasteiger partial charge in [0.05, 0.1) is 10.6 Å². The summed E-state index contributed by atoms with van der Waals surface area (Å²) in [6.45, 7) is 5.75. The molecule has 1 aromatic rings. The highest BCUT2D eigenvalue weighted by Gasteiger charge is 2.20. The lowest BCUT2D eigenvalue weighted by atomic mass is 10.2. The SMILES string of the molecule is C=C(CCCCC)S(=O)(=O)c1ccccc1N. The third-order valence-corrected chi connectivity index (χ3v) is 4.56. The number of rotatable bonds is 6. The summed E-state index contributed by atoms with van der Waals surface area (Å²) in [6.07, 6.45) is 3.42. The third-order valence-electron chi connectivity index (χ3n) is 2.65. The van der Waals surface area contributed by atoms with Crippen molar-refractivity contribution in [2.75, 3.05) is 5.73 Å². The minimum Gasteiger partial charge on any atom is -0.398 e. The summed E-state index contributed by atoms with van der Waals surface area (Å²) in [5, 5.41) is 0. The quantitative estimate of drug-likeness (QED) is 0.626. The van der Waals surface area contributed by atoms with E-state index >= 15 is 0 Å². The van der Waals surface area contributed by atoms with Gasteiger partial charge in [0, 0.05) is 4.91 Å². The van der Waals surface area contributed by atoms with E-state index in [2.05, 4.69) is 13.5 Å². The molecule has 0 bridgehead atoms. The molecule has 0 saturated heterocycles. The number of unbranched alkanes of at least 4 members (excludes halogenated alkanes) is 2. The molecular weight excluding hydrogens is 234 g/mol. The molecule has 3 nitrogen and oxygen atoms in total. The fraction of sp³-hybridized carbons (Fsp3) is 0.385. The average Bonchev–Trinajstić information content (AvgIpc) is 2.29. The molecule has 1 aromatic carbocycles. The van der Waals surface area contributed by atoms with Crippen molar-refractivity contribution in [3.63, 3.8) is 0 Å². The first-order chi connectivity index (χ1) is 8.00. The van der Waals surface area contributed by atoms with E-state index in [4.69, 9.17) is 5.73 Å². The number of allylic oxidation sites excluding steroid dienone is 1. The molecule has 0 fully saturated rings. The van der Waals surface area contributed by atoms with Gasteiger partial charge in [0.25, 0.3) is 0 Å². The second-order valence-electron chi connectivity index (χ2n) is 4.04. The number of nitrogens with two attached hydrogens (primary N) is 1. The summed E-state index contributed by atoms with van der Waals surface area (Å²) in [7, 11) is -3.47. The normalized spacial score (nSPS) is 11.4. The predicted molar refractivity (Wildman–Crippen MR) is 71.3 cm³/mol. The van der Waals surface area contributed by atoms with Crippen LogP contribution in [0.25, 0.3) is 0 Å². The Balaban J connectivity index is 2.89. The van der Waals surface area contributed by atoms with E-state index in [0.717, 1.165) is 19.3 Å². The fourth-order valence-electron chi connectivity index (χ4n) is 1.59. The van der Waals surface area contributed by atoms with Crippen LogP contribution in [0, 0.1) is 0 Å². The Morgan fingerprint density at radius 2 is 1.94 bits per heavy atom. The predicted octanol–water partition coefficient (Wildman–Crippen LogP) is 3.14. The van der Waals surface area contributed by atoms with Crippen LogP contribution in [0.2, 0.25) is 0 Å². The van der Waals surface area contributed by atoms with Crippen molar-refractivity contribution in [2.24, 2.45) is 0 Å². The molecule has 0 heterocycles. The standard InChI is InChI=1S/C13H19NO2S/c1-3-4-5-8-11(2)17(15,16)13-10-7-6-9-12(13)14/h6-7,9-10H,2-5,8,14H2,1H3. The van der Waals surface area contributed by atoms with Gasteiger partial charge in [-0.1, -0.05) is 38.5 Å². The summed E-state index contributed by atoms with van der Waals surface area (Å²) in [5.41, 5.74) is 5.96. The first-order valence-electron chi connectivity index (χ1n) is 5.77. The highest BCUT2D eigenvalue weighted by molar-refractivity contribution is 7.95. The zero-order valence-electron chi connectivity index (χ0n) is 10.1.